The number of fused-ring (bicyclic) bond motifs is 3. The van der Waals surface area contributed by atoms with Crippen molar-refractivity contribution in [3.8, 4) is 5.75 Å². The van der Waals surface area contributed by atoms with Gasteiger partial charge in [0, 0.05) is 29.7 Å². The van der Waals surface area contributed by atoms with Gasteiger partial charge in [0.2, 0.25) is 0 Å². The van der Waals surface area contributed by atoms with E-state index in [4.69, 9.17) is 9.26 Å². The summed E-state index contributed by atoms with van der Waals surface area (Å²) in [6.45, 7) is 0.483. The molecule has 0 amide bonds. The lowest BCUT2D eigenvalue weighted by atomic mass is 9.87. The summed E-state index contributed by atoms with van der Waals surface area (Å²) in [5.74, 6) is 0.914. The van der Waals surface area contributed by atoms with Gasteiger partial charge < -0.3 is 13.8 Å². The van der Waals surface area contributed by atoms with Gasteiger partial charge in [-0.25, -0.2) is 0 Å². The van der Waals surface area contributed by atoms with Crippen molar-refractivity contribution in [3.05, 3.63) is 83.4 Å². The summed E-state index contributed by atoms with van der Waals surface area (Å²) >= 11 is 0. The van der Waals surface area contributed by atoms with Gasteiger partial charge in [0.15, 0.2) is 0 Å². The van der Waals surface area contributed by atoms with E-state index in [0.29, 0.717) is 6.61 Å². The molecule has 0 fully saturated rings. The number of hydrogen-bond donors (Lipinski definition) is 0. The molecule has 1 atom stereocenters. The molecule has 0 aliphatic carbocycles. The third-order valence-electron chi connectivity index (χ3n) is 4.80. The fourth-order valence-electron chi connectivity index (χ4n) is 3.68. The SMILES string of the molecule is Cn1cc(C2c3ccccc3OCc3conc32)c2ccccc21. The summed E-state index contributed by atoms with van der Waals surface area (Å²) in [4.78, 5) is 0. The van der Waals surface area contributed by atoms with E-state index in [1.54, 1.807) is 6.26 Å². The molecular formula is C20H16N2O2. The number of benzene rings is 2. The quantitative estimate of drug-likeness (QED) is 0.527. The summed E-state index contributed by atoms with van der Waals surface area (Å²) in [5, 5.41) is 5.56. The third-order valence-corrected chi connectivity index (χ3v) is 4.80. The van der Waals surface area contributed by atoms with E-state index in [1.165, 1.54) is 16.5 Å². The van der Waals surface area contributed by atoms with Crippen LogP contribution >= 0.6 is 0 Å². The second kappa shape index (κ2) is 4.99. The number of hydrogen-bond acceptors (Lipinski definition) is 3. The van der Waals surface area contributed by atoms with Crippen molar-refractivity contribution >= 4 is 10.9 Å². The molecule has 1 aliphatic heterocycles. The van der Waals surface area contributed by atoms with Gasteiger partial charge in [0.25, 0.3) is 0 Å². The number of para-hydroxylation sites is 2. The average Bonchev–Trinajstić information content (AvgIpc) is 3.17. The Labute approximate surface area is 139 Å². The van der Waals surface area contributed by atoms with Crippen LogP contribution in [0.3, 0.4) is 0 Å². The third kappa shape index (κ3) is 1.83. The van der Waals surface area contributed by atoms with E-state index in [9.17, 15) is 0 Å². The Balaban J connectivity index is 1.84. The molecule has 1 unspecified atom stereocenters. The monoisotopic (exact) mass is 316 g/mol. The largest absolute Gasteiger partial charge is 0.488 e. The minimum Gasteiger partial charge on any atom is -0.488 e. The molecule has 0 bridgehead atoms. The van der Waals surface area contributed by atoms with E-state index in [1.807, 2.05) is 18.2 Å². The number of rotatable bonds is 1. The zero-order valence-electron chi connectivity index (χ0n) is 13.3. The van der Waals surface area contributed by atoms with Gasteiger partial charge >= 0.3 is 0 Å². The molecule has 24 heavy (non-hydrogen) atoms. The van der Waals surface area contributed by atoms with Crippen LogP contribution < -0.4 is 4.74 Å². The molecule has 0 radical (unpaired) electrons. The summed E-state index contributed by atoms with van der Waals surface area (Å²) in [5.41, 5.74) is 5.50. The van der Waals surface area contributed by atoms with Crippen molar-refractivity contribution < 1.29 is 9.26 Å². The van der Waals surface area contributed by atoms with Crippen molar-refractivity contribution in [1.82, 2.24) is 9.72 Å². The molecule has 118 valence electrons. The van der Waals surface area contributed by atoms with Crippen molar-refractivity contribution in [2.75, 3.05) is 0 Å². The first-order chi connectivity index (χ1) is 11.8. The highest BCUT2D eigenvalue weighted by Gasteiger charge is 2.31. The lowest BCUT2D eigenvalue weighted by Gasteiger charge is -2.15. The predicted molar refractivity (Wildman–Crippen MR) is 91.1 cm³/mol. The van der Waals surface area contributed by atoms with Gasteiger partial charge in [-0.15, -0.1) is 0 Å². The van der Waals surface area contributed by atoms with Crippen LogP contribution in [0.1, 0.15) is 28.3 Å². The zero-order chi connectivity index (χ0) is 16.1. The van der Waals surface area contributed by atoms with E-state index in [-0.39, 0.29) is 5.92 Å². The smallest absolute Gasteiger partial charge is 0.130 e. The van der Waals surface area contributed by atoms with Gasteiger partial charge in [0.05, 0.1) is 11.5 Å². The summed E-state index contributed by atoms with van der Waals surface area (Å²) in [6.07, 6.45) is 3.88. The maximum Gasteiger partial charge on any atom is 0.130 e. The van der Waals surface area contributed by atoms with Gasteiger partial charge in [-0.1, -0.05) is 41.6 Å². The summed E-state index contributed by atoms with van der Waals surface area (Å²) in [6, 6.07) is 16.6. The standard InChI is InChI=1S/C20H16N2O2/c1-22-10-16(14-6-2-4-8-17(14)22)19-15-7-3-5-9-18(15)23-11-13-12-24-21-20(13)19/h2-10,12,19H,11H2,1H3. The fourth-order valence-corrected chi connectivity index (χ4v) is 3.68. The van der Waals surface area contributed by atoms with Crippen LogP contribution in [0.2, 0.25) is 0 Å². The molecule has 3 heterocycles. The zero-order valence-corrected chi connectivity index (χ0v) is 13.3. The molecule has 1 aliphatic rings. The highest BCUT2D eigenvalue weighted by atomic mass is 16.5. The van der Waals surface area contributed by atoms with Crippen LogP contribution in [-0.4, -0.2) is 9.72 Å². The lowest BCUT2D eigenvalue weighted by Crippen LogP contribution is -2.04. The Kier molecular flexibility index (Phi) is 2.80. The molecule has 2 aromatic carbocycles. The molecule has 4 heteroatoms. The second-order valence-electron chi connectivity index (χ2n) is 6.20. The van der Waals surface area contributed by atoms with Crippen LogP contribution in [-0.2, 0) is 13.7 Å². The minimum absolute atomic E-state index is 0.00329. The molecule has 0 N–H and O–H groups in total. The van der Waals surface area contributed by atoms with Crippen molar-refractivity contribution in [3.63, 3.8) is 0 Å². The number of aromatic nitrogens is 2. The number of nitrogens with zero attached hydrogens (tertiary/aromatic N) is 2. The van der Waals surface area contributed by atoms with Gasteiger partial charge in [-0.05, 0) is 17.7 Å². The molecular weight excluding hydrogens is 300 g/mol. The van der Waals surface area contributed by atoms with Crippen molar-refractivity contribution in [2.24, 2.45) is 7.05 Å². The maximum atomic E-state index is 6.00. The Morgan fingerprint density at radius 2 is 1.88 bits per heavy atom. The Morgan fingerprint density at radius 3 is 2.83 bits per heavy atom. The summed E-state index contributed by atoms with van der Waals surface area (Å²) < 4.78 is 13.4. The van der Waals surface area contributed by atoms with E-state index in [2.05, 4.69) is 53.3 Å². The van der Waals surface area contributed by atoms with Gasteiger partial charge in [-0.3, -0.25) is 0 Å². The van der Waals surface area contributed by atoms with Gasteiger partial charge in [-0.2, -0.15) is 0 Å². The molecule has 0 saturated heterocycles. The maximum absolute atomic E-state index is 6.00. The molecule has 4 aromatic rings. The first-order valence-corrected chi connectivity index (χ1v) is 8.02. The lowest BCUT2D eigenvalue weighted by molar-refractivity contribution is 0.304. The first kappa shape index (κ1) is 13.4. The molecule has 2 aromatic heterocycles. The topological polar surface area (TPSA) is 40.2 Å². The Morgan fingerprint density at radius 1 is 1.04 bits per heavy atom. The summed E-state index contributed by atoms with van der Waals surface area (Å²) in [7, 11) is 2.08. The van der Waals surface area contributed by atoms with E-state index in [0.717, 1.165) is 22.6 Å². The molecule has 5 rings (SSSR count). The number of aryl methyl sites for hydroxylation is 1. The Hall–Kier alpha value is -3.01. The second-order valence-corrected chi connectivity index (χ2v) is 6.20. The van der Waals surface area contributed by atoms with Crippen LogP contribution in [0.4, 0.5) is 0 Å². The van der Waals surface area contributed by atoms with Crippen LogP contribution in [0, 0.1) is 0 Å². The minimum atomic E-state index is 0.00329. The number of ether oxygens (including phenoxy) is 1. The normalized spacial score (nSPS) is 16.3. The highest BCUT2D eigenvalue weighted by molar-refractivity contribution is 5.85. The van der Waals surface area contributed by atoms with Crippen LogP contribution in [0.25, 0.3) is 10.9 Å². The first-order valence-electron chi connectivity index (χ1n) is 8.02. The molecule has 4 nitrogen and oxygen atoms in total. The van der Waals surface area contributed by atoms with Crippen LogP contribution in [0.5, 0.6) is 5.75 Å². The van der Waals surface area contributed by atoms with E-state index >= 15 is 0 Å². The fraction of sp³-hybridized carbons (Fsp3) is 0.150. The van der Waals surface area contributed by atoms with Crippen LogP contribution in [0.15, 0.2) is 65.5 Å². The molecule has 0 spiro atoms. The van der Waals surface area contributed by atoms with Crippen molar-refractivity contribution in [1.29, 1.82) is 0 Å². The Bertz CT molecular complexity index is 1040. The van der Waals surface area contributed by atoms with Crippen molar-refractivity contribution in [2.45, 2.75) is 12.5 Å². The predicted octanol–water partition coefficient (Wildman–Crippen LogP) is 4.24. The van der Waals surface area contributed by atoms with Gasteiger partial charge in [0.1, 0.15) is 24.3 Å². The average molecular weight is 316 g/mol. The van der Waals surface area contributed by atoms with E-state index < -0.39 is 0 Å². The molecule has 0 saturated carbocycles. The highest BCUT2D eigenvalue weighted by Crippen LogP contribution is 2.43.